The van der Waals surface area contributed by atoms with Gasteiger partial charge in [-0.1, -0.05) is 12.8 Å². The Balaban J connectivity index is 4.03. The maximum absolute atomic E-state index is 11.0. The fourth-order valence-electron chi connectivity index (χ4n) is 2.70. The predicted octanol–water partition coefficient (Wildman–Crippen LogP) is 4.93. The minimum absolute atomic E-state index is 0.288. The van der Waals surface area contributed by atoms with Crippen molar-refractivity contribution in [3.8, 4) is 0 Å². The second-order valence-corrected chi connectivity index (χ2v) is 16.3. The van der Waals surface area contributed by atoms with E-state index in [1.54, 1.807) is 13.8 Å². The lowest BCUT2D eigenvalue weighted by atomic mass is 10.2. The summed E-state index contributed by atoms with van der Waals surface area (Å²) in [6, 6.07) is 2.29. The van der Waals surface area contributed by atoms with Gasteiger partial charge in [-0.3, -0.25) is 0 Å². The molecule has 124 valence electrons. The fourth-order valence-corrected chi connectivity index (χ4v) is 11.7. The highest BCUT2D eigenvalue weighted by Crippen LogP contribution is 2.25. The maximum atomic E-state index is 11.0. The molecule has 0 atom stereocenters. The van der Waals surface area contributed by atoms with Crippen LogP contribution >= 0.6 is 0 Å². The van der Waals surface area contributed by atoms with E-state index in [9.17, 15) is 9.59 Å². The van der Waals surface area contributed by atoms with Gasteiger partial charge in [-0.05, 0) is 65.0 Å². The van der Waals surface area contributed by atoms with E-state index >= 15 is 0 Å². The molecule has 0 saturated heterocycles. The van der Waals surface area contributed by atoms with Crippen molar-refractivity contribution < 1.29 is 13.7 Å². The van der Waals surface area contributed by atoms with Crippen molar-refractivity contribution in [3.63, 3.8) is 0 Å². The molecule has 0 fully saturated rings. The molecule has 0 aliphatic heterocycles. The number of carbonyl (C=O) groups excluding carboxylic acids is 2. The molecule has 0 heterocycles. The van der Waals surface area contributed by atoms with E-state index in [1.807, 2.05) is 0 Å². The summed E-state index contributed by atoms with van der Waals surface area (Å²) in [4.78, 5) is 21.9. The molecule has 0 aliphatic rings. The molecule has 0 spiro atoms. The van der Waals surface area contributed by atoms with E-state index in [-0.39, 0.29) is 11.6 Å². The zero-order valence-electron chi connectivity index (χ0n) is 14.9. The lowest BCUT2D eigenvalue weighted by Gasteiger charge is -2.34. The third-order valence-electron chi connectivity index (χ3n) is 3.67. The Morgan fingerprint density at radius 3 is 1.33 bits per heavy atom. The van der Waals surface area contributed by atoms with E-state index in [1.165, 1.54) is 0 Å². The molecular weight excluding hydrogens is 296 g/mol. The van der Waals surface area contributed by atoms with Crippen molar-refractivity contribution in [1.82, 2.24) is 0 Å². The first kappa shape index (κ1) is 20.7. The van der Waals surface area contributed by atoms with Crippen molar-refractivity contribution in [3.05, 3.63) is 0 Å². The van der Waals surface area contributed by atoms with Crippen LogP contribution in [0.15, 0.2) is 0 Å². The van der Waals surface area contributed by atoms with Crippen LogP contribution in [0.25, 0.3) is 0 Å². The quantitative estimate of drug-likeness (QED) is 0.376. The number of Topliss-reactive ketones (excluding diaryl/α,β-unsaturated/α-hetero) is 2. The summed E-state index contributed by atoms with van der Waals surface area (Å²) in [6.45, 7) is 12.5. The van der Waals surface area contributed by atoms with Crippen molar-refractivity contribution in [1.29, 1.82) is 0 Å². The number of unbranched alkanes of at least 4 members (excludes halogenated alkanes) is 2. The van der Waals surface area contributed by atoms with E-state index in [0.717, 1.165) is 37.8 Å². The molecule has 0 unspecified atom stereocenters. The summed E-state index contributed by atoms with van der Waals surface area (Å²) in [6.07, 6.45) is 5.61. The molecule has 0 N–H and O–H groups in total. The van der Waals surface area contributed by atoms with Gasteiger partial charge in [-0.2, -0.15) is 0 Å². The van der Waals surface area contributed by atoms with Crippen LogP contribution in [0, 0.1) is 0 Å². The summed E-state index contributed by atoms with van der Waals surface area (Å²) >= 11 is 0. The molecule has 0 aliphatic carbocycles. The van der Waals surface area contributed by atoms with Gasteiger partial charge >= 0.3 is 0 Å². The van der Waals surface area contributed by atoms with Gasteiger partial charge in [0.1, 0.15) is 11.6 Å². The summed E-state index contributed by atoms with van der Waals surface area (Å²) in [5, 5.41) is 0. The number of carbonyl (C=O) groups is 2. The van der Waals surface area contributed by atoms with Gasteiger partial charge in [0, 0.05) is 12.8 Å². The highest BCUT2D eigenvalue weighted by molar-refractivity contribution is 6.84. The molecule has 0 aromatic rings. The van der Waals surface area contributed by atoms with Crippen molar-refractivity contribution >= 4 is 28.2 Å². The number of hydrogen-bond donors (Lipinski definition) is 0. The first-order valence-electron chi connectivity index (χ1n) is 8.23. The molecule has 0 bridgehead atoms. The summed E-state index contributed by atoms with van der Waals surface area (Å²) in [5.74, 6) is 0.575. The zero-order valence-corrected chi connectivity index (χ0v) is 16.9. The maximum Gasteiger partial charge on any atom is 0.173 e. The second-order valence-electron chi connectivity index (χ2n) is 7.44. The van der Waals surface area contributed by atoms with E-state index in [0.29, 0.717) is 12.8 Å². The Bertz CT molecular complexity index is 306. The Morgan fingerprint density at radius 2 is 1.05 bits per heavy atom. The number of hydrogen-bond acceptors (Lipinski definition) is 3. The van der Waals surface area contributed by atoms with Crippen molar-refractivity contribution in [2.24, 2.45) is 0 Å². The van der Waals surface area contributed by atoms with Crippen molar-refractivity contribution in [2.45, 2.75) is 90.6 Å². The molecule has 0 rings (SSSR count). The van der Waals surface area contributed by atoms with Crippen molar-refractivity contribution in [2.75, 3.05) is 0 Å². The molecule has 0 aromatic heterocycles. The molecule has 21 heavy (non-hydrogen) atoms. The molecule has 0 amide bonds. The molecule has 5 heteroatoms. The second kappa shape index (κ2) is 9.69. The summed E-state index contributed by atoms with van der Waals surface area (Å²) in [5.41, 5.74) is 0. The van der Waals surface area contributed by atoms with Gasteiger partial charge in [-0.15, -0.1) is 0 Å². The average molecular weight is 331 g/mol. The minimum Gasteiger partial charge on any atom is -0.455 e. The highest BCUT2D eigenvalue weighted by atomic mass is 28.4. The van der Waals surface area contributed by atoms with Gasteiger partial charge in [0.15, 0.2) is 16.6 Å². The Labute approximate surface area is 133 Å². The van der Waals surface area contributed by atoms with Gasteiger partial charge in [-0.25, -0.2) is 0 Å². The monoisotopic (exact) mass is 330 g/mol. The van der Waals surface area contributed by atoms with Crippen LogP contribution < -0.4 is 0 Å². The van der Waals surface area contributed by atoms with Crippen LogP contribution in [0.4, 0.5) is 0 Å². The van der Waals surface area contributed by atoms with Crippen LogP contribution in [0.5, 0.6) is 0 Å². The van der Waals surface area contributed by atoms with Gasteiger partial charge < -0.3 is 13.7 Å². The van der Waals surface area contributed by atoms with E-state index in [4.69, 9.17) is 4.12 Å². The highest BCUT2D eigenvalue weighted by Gasteiger charge is 2.32. The molecule has 0 radical (unpaired) electrons. The average Bonchev–Trinajstić information content (AvgIpc) is 2.28. The van der Waals surface area contributed by atoms with Crippen LogP contribution in [0.2, 0.25) is 38.3 Å². The Morgan fingerprint density at radius 1 is 0.714 bits per heavy atom. The van der Waals surface area contributed by atoms with E-state index < -0.39 is 16.6 Å². The normalized spacial score (nSPS) is 12.5. The third-order valence-corrected chi connectivity index (χ3v) is 11.2. The van der Waals surface area contributed by atoms with Crippen LogP contribution in [0.1, 0.15) is 52.4 Å². The fraction of sp³-hybridized carbons (Fsp3) is 0.875. The first-order chi connectivity index (χ1) is 9.54. The molecule has 0 aromatic carbocycles. The molecule has 3 nitrogen and oxygen atoms in total. The van der Waals surface area contributed by atoms with Crippen LogP contribution in [-0.4, -0.2) is 28.2 Å². The van der Waals surface area contributed by atoms with Gasteiger partial charge in [0.25, 0.3) is 0 Å². The number of rotatable bonds is 12. The van der Waals surface area contributed by atoms with Crippen LogP contribution in [-0.2, 0) is 13.7 Å². The Kier molecular flexibility index (Phi) is 9.57. The topological polar surface area (TPSA) is 43.4 Å². The summed E-state index contributed by atoms with van der Waals surface area (Å²) < 4.78 is 6.55. The van der Waals surface area contributed by atoms with Gasteiger partial charge in [0.2, 0.25) is 0 Å². The predicted molar refractivity (Wildman–Crippen MR) is 94.7 cm³/mol. The Hall–Kier alpha value is -0.266. The number of ketones is 2. The third kappa shape index (κ3) is 13.1. The molecular formula is C16H34O3Si2. The zero-order chi connectivity index (χ0) is 16.5. The SMILES string of the molecule is CC(=O)CCCC[Si](C)(C)O[Si](C)(C)CCCCC(C)=O. The standard InChI is InChI=1S/C16H34O3Si2/c1-15(17)11-7-9-13-20(3,4)19-21(5,6)14-10-8-12-16(2)18/h7-14H2,1-6H3. The molecule has 0 saturated carbocycles. The smallest absolute Gasteiger partial charge is 0.173 e. The summed E-state index contributed by atoms with van der Waals surface area (Å²) in [7, 11) is -3.22. The first-order valence-corrected chi connectivity index (χ1v) is 14.5. The van der Waals surface area contributed by atoms with E-state index in [2.05, 4.69) is 26.2 Å². The lowest BCUT2D eigenvalue weighted by molar-refractivity contribution is -0.117. The minimum atomic E-state index is -1.61. The van der Waals surface area contributed by atoms with Crippen LogP contribution in [0.3, 0.4) is 0 Å². The largest absolute Gasteiger partial charge is 0.455 e. The van der Waals surface area contributed by atoms with Gasteiger partial charge in [0.05, 0.1) is 0 Å². The lowest BCUT2D eigenvalue weighted by Crippen LogP contribution is -2.44.